The molecule has 0 spiro atoms. The van der Waals surface area contributed by atoms with Crippen LogP contribution in [0.15, 0.2) is 48.5 Å². The van der Waals surface area contributed by atoms with Gasteiger partial charge in [0.2, 0.25) is 0 Å². The van der Waals surface area contributed by atoms with Crippen LogP contribution < -0.4 is 4.74 Å². The molecule has 0 bridgehead atoms. The van der Waals surface area contributed by atoms with Crippen molar-refractivity contribution < 1.29 is 37.7 Å². The molecule has 37 heavy (non-hydrogen) atoms. The van der Waals surface area contributed by atoms with Gasteiger partial charge in [-0.05, 0) is 61.7 Å². The average Bonchev–Trinajstić information content (AvgIpc) is 3.20. The number of hydrogen-bond acceptors (Lipinski definition) is 4. The molecule has 4 aromatic rings. The van der Waals surface area contributed by atoms with Crippen molar-refractivity contribution >= 4 is 16.9 Å². The molecule has 0 saturated carbocycles. The highest BCUT2D eigenvalue weighted by Gasteiger charge is 2.31. The van der Waals surface area contributed by atoms with Gasteiger partial charge in [-0.15, -0.1) is 0 Å². The van der Waals surface area contributed by atoms with Crippen LogP contribution in [0.2, 0.25) is 0 Å². The topological polar surface area (TPSA) is 80.9 Å². The zero-order chi connectivity index (χ0) is 26.3. The van der Waals surface area contributed by atoms with Gasteiger partial charge in [-0.25, -0.2) is 18.0 Å². The molecule has 0 atom stereocenters. The van der Waals surface area contributed by atoms with Crippen LogP contribution in [0.25, 0.3) is 27.7 Å². The van der Waals surface area contributed by atoms with Crippen molar-refractivity contribution in [2.45, 2.75) is 25.7 Å². The summed E-state index contributed by atoms with van der Waals surface area (Å²) in [5.74, 6) is -3.43. The fourth-order valence-corrected chi connectivity index (χ4v) is 4.99. The van der Waals surface area contributed by atoms with Gasteiger partial charge in [0.25, 0.3) is 0 Å². The van der Waals surface area contributed by atoms with Crippen molar-refractivity contribution in [2.24, 2.45) is 0 Å². The Balaban J connectivity index is 1.83. The maximum Gasteiger partial charge on any atom is 0.341 e. The summed E-state index contributed by atoms with van der Waals surface area (Å²) in [6, 6.07) is 10.7. The van der Waals surface area contributed by atoms with Crippen LogP contribution in [-0.2, 0) is 9.53 Å². The van der Waals surface area contributed by atoms with Crippen LogP contribution in [0.3, 0.4) is 0 Å². The fourth-order valence-electron chi connectivity index (χ4n) is 4.99. The van der Waals surface area contributed by atoms with Crippen molar-refractivity contribution in [1.29, 1.82) is 0 Å². The summed E-state index contributed by atoms with van der Waals surface area (Å²) >= 11 is 0. The van der Waals surface area contributed by atoms with E-state index in [0.29, 0.717) is 54.1 Å². The molecule has 6 nitrogen and oxygen atoms in total. The number of halogens is 3. The van der Waals surface area contributed by atoms with Gasteiger partial charge in [-0.2, -0.15) is 0 Å². The first-order valence-corrected chi connectivity index (χ1v) is 11.8. The van der Waals surface area contributed by atoms with Crippen LogP contribution in [0.5, 0.6) is 11.5 Å². The minimum Gasteiger partial charge on any atom is -0.507 e. The number of carboxylic acid groups (broad SMARTS) is 1. The van der Waals surface area contributed by atoms with Gasteiger partial charge in [0, 0.05) is 53.8 Å². The summed E-state index contributed by atoms with van der Waals surface area (Å²) in [5, 5.41) is 20.0. The number of fused-ring (bicyclic) bond motifs is 1. The van der Waals surface area contributed by atoms with Crippen molar-refractivity contribution in [1.82, 2.24) is 4.57 Å². The molecular formula is C28H24F3NO5. The lowest BCUT2D eigenvalue weighted by molar-refractivity contribution is -0.139. The van der Waals surface area contributed by atoms with Crippen molar-refractivity contribution in [3.05, 3.63) is 77.2 Å². The lowest BCUT2D eigenvalue weighted by Gasteiger charge is -2.26. The minimum absolute atomic E-state index is 0.0319. The summed E-state index contributed by atoms with van der Waals surface area (Å²) in [6.07, 6.45) is 1.21. The Morgan fingerprint density at radius 3 is 2.49 bits per heavy atom. The van der Waals surface area contributed by atoms with E-state index in [1.165, 1.54) is 24.3 Å². The summed E-state index contributed by atoms with van der Waals surface area (Å²) in [4.78, 5) is 10.8. The predicted octanol–water partition coefficient (Wildman–Crippen LogP) is 6.09. The number of carbonyl (C=O) groups is 1. The maximum atomic E-state index is 15.6. The van der Waals surface area contributed by atoms with Crippen molar-refractivity contribution in [3.63, 3.8) is 0 Å². The predicted molar refractivity (Wildman–Crippen MR) is 131 cm³/mol. The number of phenolic OH excluding ortho intramolecular Hbond substituents is 1. The van der Waals surface area contributed by atoms with E-state index in [2.05, 4.69) is 0 Å². The lowest BCUT2D eigenvalue weighted by Crippen LogP contribution is -2.17. The molecule has 1 aliphatic rings. The fraction of sp³-hybridized carbons (Fsp3) is 0.250. The van der Waals surface area contributed by atoms with Crippen LogP contribution in [0.4, 0.5) is 13.2 Å². The molecule has 2 N–H and O–H groups in total. The average molecular weight is 511 g/mol. The molecule has 3 aromatic carbocycles. The smallest absolute Gasteiger partial charge is 0.341 e. The SMILES string of the molecule is Cc1cc(-n2c(C3CCOCC3)c(-c3ccc(OCC(=O)O)cc3F)c3c(O)cc(F)cc32)ccc1F. The van der Waals surface area contributed by atoms with Gasteiger partial charge in [-0.3, -0.25) is 0 Å². The third-order valence-electron chi connectivity index (χ3n) is 6.63. The van der Waals surface area contributed by atoms with Gasteiger partial charge < -0.3 is 24.3 Å². The standard InChI is InChI=1S/C28H24F3NO5/c1-15-10-18(2-5-21(15)30)32-23-11-17(29)12-24(33)27(23)26(28(32)16-6-8-36-9-7-16)20-4-3-19(13-22(20)31)37-14-25(34)35/h2-5,10-13,16,33H,6-9,14H2,1H3,(H,34,35). The zero-order valence-corrected chi connectivity index (χ0v) is 19.9. The third kappa shape index (κ3) is 4.62. The summed E-state index contributed by atoms with van der Waals surface area (Å²) in [7, 11) is 0. The van der Waals surface area contributed by atoms with E-state index in [1.807, 2.05) is 0 Å². The Hall–Kier alpha value is -3.98. The Kier molecular flexibility index (Phi) is 6.55. The highest BCUT2D eigenvalue weighted by atomic mass is 19.1. The molecule has 1 saturated heterocycles. The largest absolute Gasteiger partial charge is 0.507 e. The molecule has 0 radical (unpaired) electrons. The first-order chi connectivity index (χ1) is 17.7. The van der Waals surface area contributed by atoms with Crippen LogP contribution >= 0.6 is 0 Å². The molecule has 1 aromatic heterocycles. The number of rotatable bonds is 6. The number of aromatic hydroxyl groups is 1. The normalized spacial score (nSPS) is 14.3. The molecule has 1 fully saturated rings. The number of phenols is 1. The Morgan fingerprint density at radius 1 is 1.05 bits per heavy atom. The number of aryl methyl sites for hydroxylation is 1. The highest BCUT2D eigenvalue weighted by Crippen LogP contribution is 2.47. The number of hydrogen-bond donors (Lipinski definition) is 2. The van der Waals surface area contributed by atoms with E-state index in [-0.39, 0.29) is 28.4 Å². The highest BCUT2D eigenvalue weighted by molar-refractivity contribution is 6.03. The number of ether oxygens (including phenoxy) is 2. The van der Waals surface area contributed by atoms with E-state index in [1.54, 1.807) is 23.6 Å². The van der Waals surface area contributed by atoms with Crippen LogP contribution in [-0.4, -0.2) is 40.6 Å². The first kappa shape index (κ1) is 24.7. The molecular weight excluding hydrogens is 487 g/mol. The van der Waals surface area contributed by atoms with Gasteiger partial charge in [0.15, 0.2) is 6.61 Å². The number of nitrogens with zero attached hydrogens (tertiary/aromatic N) is 1. The molecule has 1 aliphatic heterocycles. The third-order valence-corrected chi connectivity index (χ3v) is 6.63. The van der Waals surface area contributed by atoms with Crippen molar-refractivity contribution in [3.8, 4) is 28.3 Å². The summed E-state index contributed by atoms with van der Waals surface area (Å²) < 4.78 is 56.8. The van der Waals surface area contributed by atoms with Crippen LogP contribution in [0, 0.1) is 24.4 Å². The Labute approximate surface area is 210 Å². The van der Waals surface area contributed by atoms with E-state index in [4.69, 9.17) is 14.6 Å². The number of carboxylic acids is 1. The summed E-state index contributed by atoms with van der Waals surface area (Å²) in [5.41, 5.74) is 2.39. The zero-order valence-electron chi connectivity index (χ0n) is 19.9. The second kappa shape index (κ2) is 9.82. The van der Waals surface area contributed by atoms with Crippen LogP contribution in [0.1, 0.15) is 30.0 Å². The van der Waals surface area contributed by atoms with E-state index in [0.717, 1.165) is 12.1 Å². The quantitative estimate of drug-likeness (QED) is 0.328. The number of aromatic nitrogens is 1. The second-order valence-electron chi connectivity index (χ2n) is 9.06. The van der Waals surface area contributed by atoms with Gasteiger partial charge >= 0.3 is 5.97 Å². The molecule has 9 heteroatoms. The van der Waals surface area contributed by atoms with Gasteiger partial charge in [0.05, 0.1) is 10.9 Å². The Morgan fingerprint density at radius 2 is 1.81 bits per heavy atom. The Bertz CT molecular complexity index is 1510. The van der Waals surface area contributed by atoms with E-state index >= 15 is 4.39 Å². The van der Waals surface area contributed by atoms with E-state index < -0.39 is 30.0 Å². The monoisotopic (exact) mass is 511 g/mol. The molecule has 0 unspecified atom stereocenters. The lowest BCUT2D eigenvalue weighted by atomic mass is 9.89. The molecule has 0 aliphatic carbocycles. The maximum absolute atomic E-state index is 15.6. The second-order valence-corrected chi connectivity index (χ2v) is 9.06. The number of benzene rings is 3. The molecule has 2 heterocycles. The molecule has 5 rings (SSSR count). The molecule has 0 amide bonds. The summed E-state index contributed by atoms with van der Waals surface area (Å²) in [6.45, 7) is 1.93. The van der Waals surface area contributed by atoms with Crippen molar-refractivity contribution in [2.75, 3.05) is 19.8 Å². The minimum atomic E-state index is -1.20. The van der Waals surface area contributed by atoms with Gasteiger partial charge in [0.1, 0.15) is 29.0 Å². The van der Waals surface area contributed by atoms with Gasteiger partial charge in [-0.1, -0.05) is 0 Å². The number of aliphatic carboxylic acids is 1. The molecule has 192 valence electrons. The van der Waals surface area contributed by atoms with E-state index in [9.17, 15) is 18.7 Å². The first-order valence-electron chi connectivity index (χ1n) is 11.8.